The first-order valence-electron chi connectivity index (χ1n) is 24.5. The minimum atomic E-state index is -4.41. The van der Waals surface area contributed by atoms with Crippen LogP contribution < -0.4 is 5.32 Å². The Morgan fingerprint density at radius 3 is 1.14 bits per heavy atom. The average molecular weight is 832 g/mol. The van der Waals surface area contributed by atoms with E-state index in [1.165, 1.54) is 193 Å². The summed E-state index contributed by atoms with van der Waals surface area (Å²) >= 11 is 0. The number of esters is 1. The summed E-state index contributed by atoms with van der Waals surface area (Å²) in [6.45, 7) is 3.61. The number of phosphoric acid groups is 1. The van der Waals surface area contributed by atoms with Crippen molar-refractivity contribution < 1.29 is 37.9 Å². The van der Waals surface area contributed by atoms with Crippen LogP contribution in [0.2, 0.25) is 0 Å². The molecule has 0 aromatic carbocycles. The molecule has 57 heavy (non-hydrogen) atoms. The van der Waals surface area contributed by atoms with Crippen molar-refractivity contribution in [2.24, 2.45) is 0 Å². The number of carbonyl (C=O) groups is 2. The number of ether oxygens (including phenoxy) is 1. The van der Waals surface area contributed by atoms with E-state index in [2.05, 4.69) is 19.2 Å². The number of phosphoric ester groups is 1. The number of amides is 1. The van der Waals surface area contributed by atoms with Crippen LogP contribution in [0.1, 0.15) is 258 Å². The zero-order valence-corrected chi connectivity index (χ0v) is 38.5. The molecule has 10 heteroatoms. The monoisotopic (exact) mass is 832 g/mol. The number of aliphatic hydroxyl groups excluding tert-OH is 1. The second-order valence-corrected chi connectivity index (χ2v) is 18.3. The van der Waals surface area contributed by atoms with E-state index < -0.39 is 26.5 Å². The lowest BCUT2D eigenvalue weighted by Gasteiger charge is -2.15. The van der Waals surface area contributed by atoms with Crippen LogP contribution in [0.15, 0.2) is 0 Å². The van der Waals surface area contributed by atoms with Gasteiger partial charge in [0, 0.05) is 19.4 Å². The van der Waals surface area contributed by atoms with E-state index in [4.69, 9.17) is 13.8 Å². The maximum absolute atomic E-state index is 12.1. The van der Waals surface area contributed by atoms with Crippen LogP contribution >= 0.6 is 7.82 Å². The number of hydrogen-bond donors (Lipinski definition) is 3. The molecule has 0 saturated carbocycles. The predicted molar refractivity (Wildman–Crippen MR) is 238 cm³/mol. The fourth-order valence-electron chi connectivity index (χ4n) is 7.32. The molecule has 9 nitrogen and oxygen atoms in total. The summed E-state index contributed by atoms with van der Waals surface area (Å²) in [5.74, 6) is -0.500. The van der Waals surface area contributed by atoms with Crippen molar-refractivity contribution in [3.63, 3.8) is 0 Å². The minimum absolute atomic E-state index is 0.0884. The smallest absolute Gasteiger partial charge is 0.463 e. The maximum Gasteiger partial charge on any atom is 0.472 e. The number of rotatable bonds is 47. The molecule has 340 valence electrons. The Morgan fingerprint density at radius 2 is 0.789 bits per heavy atom. The van der Waals surface area contributed by atoms with E-state index in [-0.39, 0.29) is 25.7 Å². The fraction of sp³-hybridized carbons (Fsp3) is 0.957. The van der Waals surface area contributed by atoms with Crippen LogP contribution in [-0.2, 0) is 27.9 Å². The van der Waals surface area contributed by atoms with Gasteiger partial charge in [0.2, 0.25) is 5.91 Å². The molecule has 0 aliphatic rings. The summed E-state index contributed by atoms with van der Waals surface area (Å²) in [7, 11) is -4.41. The first-order valence-corrected chi connectivity index (χ1v) is 26.0. The van der Waals surface area contributed by atoms with Gasteiger partial charge in [-0.05, 0) is 12.8 Å². The summed E-state index contributed by atoms with van der Waals surface area (Å²) in [4.78, 5) is 34.0. The van der Waals surface area contributed by atoms with Crippen molar-refractivity contribution >= 4 is 19.7 Å². The van der Waals surface area contributed by atoms with Gasteiger partial charge in [-0.15, -0.1) is 0 Å². The summed E-state index contributed by atoms with van der Waals surface area (Å²) in [5.41, 5.74) is 0. The predicted octanol–water partition coefficient (Wildman–Crippen LogP) is 14.0. The van der Waals surface area contributed by atoms with Gasteiger partial charge in [0.1, 0.15) is 12.7 Å². The van der Waals surface area contributed by atoms with Crippen molar-refractivity contribution in [2.45, 2.75) is 264 Å². The van der Waals surface area contributed by atoms with Crippen molar-refractivity contribution in [3.8, 4) is 0 Å². The van der Waals surface area contributed by atoms with Crippen LogP contribution in [0.25, 0.3) is 0 Å². The summed E-state index contributed by atoms with van der Waals surface area (Å²) in [6, 6.07) is 0. The first-order chi connectivity index (χ1) is 27.8. The molecule has 0 radical (unpaired) electrons. The molecule has 0 spiro atoms. The molecule has 0 aliphatic carbocycles. The SMILES string of the molecule is CCCCCCCCCCCCCCCCCCCCCCCCC(=O)OCC(O)COP(=O)(O)OCCNC(=O)CCCCCCCCCCCCCCCC. The third kappa shape index (κ3) is 45.9. The summed E-state index contributed by atoms with van der Waals surface area (Å²) < 4.78 is 26.9. The maximum atomic E-state index is 12.1. The van der Waals surface area contributed by atoms with Crippen LogP contribution in [0, 0.1) is 0 Å². The van der Waals surface area contributed by atoms with E-state index in [1.54, 1.807) is 0 Å². The molecule has 0 rings (SSSR count). The van der Waals surface area contributed by atoms with Crippen LogP contribution in [-0.4, -0.2) is 54.3 Å². The normalized spacial score (nSPS) is 13.1. The number of nitrogens with one attached hydrogen (secondary N) is 1. The number of carbonyl (C=O) groups excluding carboxylic acids is 2. The Morgan fingerprint density at radius 1 is 0.474 bits per heavy atom. The van der Waals surface area contributed by atoms with Crippen LogP contribution in [0.5, 0.6) is 0 Å². The number of hydrogen-bond acceptors (Lipinski definition) is 7. The Hall–Kier alpha value is -0.990. The Balaban J connectivity index is 3.50. The number of aliphatic hydroxyl groups is 1. The van der Waals surface area contributed by atoms with Gasteiger partial charge < -0.3 is 20.1 Å². The van der Waals surface area contributed by atoms with Crippen LogP contribution in [0.4, 0.5) is 0 Å². The molecule has 3 N–H and O–H groups in total. The molecule has 0 aliphatic heterocycles. The van der Waals surface area contributed by atoms with E-state index >= 15 is 0 Å². The first kappa shape index (κ1) is 56.0. The molecule has 0 fully saturated rings. The zero-order valence-electron chi connectivity index (χ0n) is 37.6. The average Bonchev–Trinajstić information content (AvgIpc) is 3.20. The highest BCUT2D eigenvalue weighted by atomic mass is 31.2. The standard InChI is InChI=1S/C47H94NO8P/c1-3-5-7-9-11-13-15-17-19-20-21-22-23-24-25-26-28-30-32-34-36-38-40-47(51)54-43-45(49)44-56-57(52,53)55-42-41-48-46(50)39-37-35-33-31-29-27-18-16-14-12-10-8-6-4-2/h45,49H,3-44H2,1-2H3,(H,48,50)(H,52,53). The highest BCUT2D eigenvalue weighted by molar-refractivity contribution is 7.47. The lowest BCUT2D eigenvalue weighted by Crippen LogP contribution is -2.27. The quantitative estimate of drug-likeness (QED) is 0.0314. The Bertz CT molecular complexity index is 907. The van der Waals surface area contributed by atoms with E-state index in [1.807, 2.05) is 0 Å². The second kappa shape index (κ2) is 44.6. The van der Waals surface area contributed by atoms with Crippen molar-refractivity contribution in [3.05, 3.63) is 0 Å². The molecular formula is C47H94NO8P. The lowest BCUT2D eigenvalue weighted by molar-refractivity contribution is -0.147. The molecule has 0 aromatic rings. The minimum Gasteiger partial charge on any atom is -0.463 e. The molecular weight excluding hydrogens is 737 g/mol. The van der Waals surface area contributed by atoms with Crippen molar-refractivity contribution in [1.82, 2.24) is 5.32 Å². The molecule has 2 atom stereocenters. The van der Waals surface area contributed by atoms with Crippen molar-refractivity contribution in [2.75, 3.05) is 26.4 Å². The van der Waals surface area contributed by atoms with Gasteiger partial charge in [-0.25, -0.2) is 4.57 Å². The van der Waals surface area contributed by atoms with E-state index in [0.29, 0.717) is 12.8 Å². The van der Waals surface area contributed by atoms with Gasteiger partial charge in [0.05, 0.1) is 13.2 Å². The molecule has 0 heterocycles. The van der Waals surface area contributed by atoms with Gasteiger partial charge in [-0.3, -0.25) is 18.6 Å². The van der Waals surface area contributed by atoms with Gasteiger partial charge in [0.25, 0.3) is 0 Å². The van der Waals surface area contributed by atoms with Gasteiger partial charge >= 0.3 is 13.8 Å². The topological polar surface area (TPSA) is 131 Å². The van der Waals surface area contributed by atoms with Gasteiger partial charge in [0.15, 0.2) is 0 Å². The van der Waals surface area contributed by atoms with Gasteiger partial charge in [-0.1, -0.05) is 232 Å². The van der Waals surface area contributed by atoms with E-state index in [9.17, 15) is 24.2 Å². The molecule has 2 unspecified atom stereocenters. The molecule has 1 amide bonds. The largest absolute Gasteiger partial charge is 0.472 e. The van der Waals surface area contributed by atoms with Gasteiger partial charge in [-0.2, -0.15) is 0 Å². The zero-order chi connectivity index (χ0) is 41.8. The molecule has 0 bridgehead atoms. The highest BCUT2D eigenvalue weighted by Gasteiger charge is 2.23. The Labute approximate surface area is 352 Å². The fourth-order valence-corrected chi connectivity index (χ4v) is 8.08. The second-order valence-electron chi connectivity index (χ2n) is 16.8. The molecule has 0 aromatic heterocycles. The Kier molecular flexibility index (Phi) is 43.8. The highest BCUT2D eigenvalue weighted by Crippen LogP contribution is 2.42. The van der Waals surface area contributed by atoms with E-state index in [0.717, 1.165) is 38.5 Å². The lowest BCUT2D eigenvalue weighted by atomic mass is 10.0. The molecule has 0 saturated heterocycles. The van der Waals surface area contributed by atoms with Crippen LogP contribution in [0.3, 0.4) is 0 Å². The summed E-state index contributed by atoms with van der Waals surface area (Å²) in [5, 5.41) is 12.7. The summed E-state index contributed by atoms with van der Waals surface area (Å²) in [6.07, 6.45) is 46.1. The van der Waals surface area contributed by atoms with Crippen molar-refractivity contribution in [1.29, 1.82) is 0 Å². The number of unbranched alkanes of at least 4 members (excludes halogenated alkanes) is 34. The third-order valence-electron chi connectivity index (χ3n) is 11.0. The third-order valence-corrected chi connectivity index (χ3v) is 12.0.